The first-order valence-corrected chi connectivity index (χ1v) is 12.6. The number of hydrogen-bond donors (Lipinski definition) is 5. The van der Waals surface area contributed by atoms with Crippen LogP contribution < -0.4 is 0 Å². The molecule has 1 aliphatic heterocycles. The monoisotopic (exact) mass is 448 g/mol. The Hall–Kier alpha value is -0.280. The van der Waals surface area contributed by atoms with Crippen molar-refractivity contribution in [2.24, 2.45) is 0 Å². The normalized spacial score (nSPS) is 27.5. The van der Waals surface area contributed by atoms with Gasteiger partial charge in [-0.05, 0) is 19.3 Å². The Kier molecular flexibility index (Phi) is 16.9. The minimum absolute atomic E-state index is 0.262. The van der Waals surface area contributed by atoms with E-state index in [-0.39, 0.29) is 12.7 Å². The average molecular weight is 449 g/mol. The van der Waals surface area contributed by atoms with E-state index in [0.29, 0.717) is 12.8 Å². The molecular weight excluding hydrogens is 400 g/mol. The van der Waals surface area contributed by atoms with Gasteiger partial charge in [0.05, 0.1) is 12.7 Å². The third kappa shape index (κ3) is 12.5. The van der Waals surface area contributed by atoms with E-state index in [1.54, 1.807) is 0 Å². The Labute approximate surface area is 188 Å². The molecule has 0 aromatic heterocycles. The van der Waals surface area contributed by atoms with Gasteiger partial charge in [0.2, 0.25) is 0 Å². The topological polar surface area (TPSA) is 120 Å². The first-order chi connectivity index (χ1) is 15.0. The van der Waals surface area contributed by atoms with E-state index in [9.17, 15) is 25.5 Å². The molecular formula is C24H48O7. The third-order valence-corrected chi connectivity index (χ3v) is 6.20. The van der Waals surface area contributed by atoms with Crippen LogP contribution in [0.3, 0.4) is 0 Å². The van der Waals surface area contributed by atoms with Crippen LogP contribution in [0.15, 0.2) is 0 Å². The summed E-state index contributed by atoms with van der Waals surface area (Å²) >= 11 is 0. The van der Waals surface area contributed by atoms with Gasteiger partial charge in [0.1, 0.15) is 24.4 Å². The largest absolute Gasteiger partial charge is 0.394 e. The number of rotatable bonds is 19. The zero-order valence-electron chi connectivity index (χ0n) is 19.5. The van der Waals surface area contributed by atoms with Crippen molar-refractivity contribution in [3.8, 4) is 0 Å². The zero-order valence-corrected chi connectivity index (χ0v) is 19.5. The van der Waals surface area contributed by atoms with Gasteiger partial charge in [0.15, 0.2) is 6.29 Å². The Morgan fingerprint density at radius 1 is 0.710 bits per heavy atom. The highest BCUT2D eigenvalue weighted by Gasteiger charge is 2.43. The van der Waals surface area contributed by atoms with Crippen LogP contribution in [0.5, 0.6) is 0 Å². The lowest BCUT2D eigenvalue weighted by atomic mass is 9.99. The SMILES string of the molecule is CCCCCCCCCCCCCC[C@H](O)CCCOC1OC(CO)C(O)C(O)C1O. The first kappa shape index (κ1) is 28.8. The maximum atomic E-state index is 10.1. The van der Waals surface area contributed by atoms with Gasteiger partial charge in [0.25, 0.3) is 0 Å². The van der Waals surface area contributed by atoms with Gasteiger partial charge in [-0.2, -0.15) is 0 Å². The zero-order chi connectivity index (χ0) is 22.9. The molecule has 1 saturated heterocycles. The first-order valence-electron chi connectivity index (χ1n) is 12.6. The van der Waals surface area contributed by atoms with Gasteiger partial charge in [-0.3, -0.25) is 0 Å². The van der Waals surface area contributed by atoms with Crippen LogP contribution in [-0.2, 0) is 9.47 Å². The standard InChI is InChI=1S/C24H48O7/c1-2-3-4-5-6-7-8-9-10-11-12-13-15-19(26)16-14-17-30-24-23(29)22(28)21(27)20(18-25)31-24/h19-29H,2-18H2,1H3/t19-,20?,21?,22?,23?,24?/m0/s1. The average Bonchev–Trinajstić information content (AvgIpc) is 2.77. The predicted molar refractivity (Wildman–Crippen MR) is 121 cm³/mol. The van der Waals surface area contributed by atoms with Gasteiger partial charge in [0, 0.05) is 6.61 Å². The summed E-state index contributed by atoms with van der Waals surface area (Å²) in [5.41, 5.74) is 0. The van der Waals surface area contributed by atoms with Crippen molar-refractivity contribution in [2.75, 3.05) is 13.2 Å². The fourth-order valence-corrected chi connectivity index (χ4v) is 4.09. The van der Waals surface area contributed by atoms with E-state index < -0.39 is 37.3 Å². The van der Waals surface area contributed by atoms with E-state index in [2.05, 4.69) is 6.92 Å². The predicted octanol–water partition coefficient (Wildman–Crippen LogP) is 3.04. The maximum Gasteiger partial charge on any atom is 0.186 e. The Morgan fingerprint density at radius 3 is 1.77 bits per heavy atom. The van der Waals surface area contributed by atoms with Crippen LogP contribution in [-0.4, -0.2) is 75.6 Å². The molecule has 186 valence electrons. The Bertz CT molecular complexity index is 407. The van der Waals surface area contributed by atoms with Gasteiger partial charge in [-0.25, -0.2) is 0 Å². The molecule has 7 nitrogen and oxygen atoms in total. The second-order valence-electron chi connectivity index (χ2n) is 9.04. The minimum atomic E-state index is -1.42. The molecule has 1 rings (SSSR count). The second kappa shape index (κ2) is 18.2. The van der Waals surface area contributed by atoms with Crippen molar-refractivity contribution >= 4 is 0 Å². The molecule has 6 atom stereocenters. The highest BCUT2D eigenvalue weighted by molar-refractivity contribution is 4.88. The molecule has 31 heavy (non-hydrogen) atoms. The Morgan fingerprint density at radius 2 is 1.23 bits per heavy atom. The molecule has 0 bridgehead atoms. The number of aliphatic hydroxyl groups is 5. The highest BCUT2D eigenvalue weighted by Crippen LogP contribution is 2.22. The van der Waals surface area contributed by atoms with Crippen molar-refractivity contribution in [3.63, 3.8) is 0 Å². The van der Waals surface area contributed by atoms with E-state index >= 15 is 0 Å². The van der Waals surface area contributed by atoms with E-state index in [4.69, 9.17) is 9.47 Å². The third-order valence-electron chi connectivity index (χ3n) is 6.20. The van der Waals surface area contributed by atoms with Crippen LogP contribution in [0.25, 0.3) is 0 Å². The lowest BCUT2D eigenvalue weighted by Gasteiger charge is -2.39. The maximum absolute atomic E-state index is 10.1. The quantitative estimate of drug-likeness (QED) is 0.193. The fraction of sp³-hybridized carbons (Fsp3) is 1.00. The molecule has 5 unspecified atom stereocenters. The molecule has 1 heterocycles. The van der Waals surface area contributed by atoms with Crippen molar-refractivity contribution in [1.29, 1.82) is 0 Å². The smallest absolute Gasteiger partial charge is 0.186 e. The van der Waals surface area contributed by atoms with Gasteiger partial charge < -0.3 is 35.0 Å². The molecule has 0 aromatic rings. The lowest BCUT2D eigenvalue weighted by Crippen LogP contribution is -2.59. The van der Waals surface area contributed by atoms with Crippen molar-refractivity contribution in [3.05, 3.63) is 0 Å². The minimum Gasteiger partial charge on any atom is -0.394 e. The second-order valence-corrected chi connectivity index (χ2v) is 9.04. The van der Waals surface area contributed by atoms with E-state index in [1.807, 2.05) is 0 Å². The molecule has 0 amide bonds. The van der Waals surface area contributed by atoms with Crippen LogP contribution in [0.2, 0.25) is 0 Å². The van der Waals surface area contributed by atoms with Crippen LogP contribution in [0, 0.1) is 0 Å². The van der Waals surface area contributed by atoms with Gasteiger partial charge >= 0.3 is 0 Å². The molecule has 1 aliphatic rings. The molecule has 0 radical (unpaired) electrons. The fourth-order valence-electron chi connectivity index (χ4n) is 4.09. The van der Waals surface area contributed by atoms with Crippen molar-refractivity contribution < 1.29 is 35.0 Å². The summed E-state index contributed by atoms with van der Waals surface area (Å²) in [4.78, 5) is 0. The molecule has 1 fully saturated rings. The summed E-state index contributed by atoms with van der Waals surface area (Å²) in [6.45, 7) is 2.04. The molecule has 7 heteroatoms. The highest BCUT2D eigenvalue weighted by atomic mass is 16.7. The number of ether oxygens (including phenoxy) is 2. The summed E-state index contributed by atoms with van der Waals surface area (Å²) in [5, 5.41) is 48.7. The number of aliphatic hydroxyl groups excluding tert-OH is 5. The molecule has 5 N–H and O–H groups in total. The summed E-state index contributed by atoms with van der Waals surface area (Å²) < 4.78 is 10.7. The van der Waals surface area contributed by atoms with Crippen molar-refractivity contribution in [1.82, 2.24) is 0 Å². The van der Waals surface area contributed by atoms with Crippen LogP contribution in [0.4, 0.5) is 0 Å². The van der Waals surface area contributed by atoms with E-state index in [1.165, 1.54) is 64.2 Å². The van der Waals surface area contributed by atoms with Gasteiger partial charge in [-0.1, -0.05) is 84.0 Å². The molecule has 0 aliphatic carbocycles. The van der Waals surface area contributed by atoms with Crippen LogP contribution >= 0.6 is 0 Å². The number of unbranched alkanes of at least 4 members (excludes halogenated alkanes) is 11. The van der Waals surface area contributed by atoms with Crippen molar-refractivity contribution in [2.45, 2.75) is 140 Å². The Balaban J connectivity index is 1.94. The summed E-state index contributed by atoms with van der Waals surface area (Å²) in [5.74, 6) is 0. The molecule has 0 saturated carbocycles. The van der Waals surface area contributed by atoms with E-state index in [0.717, 1.165) is 19.3 Å². The summed E-state index contributed by atoms with van der Waals surface area (Å²) in [7, 11) is 0. The molecule has 0 spiro atoms. The summed E-state index contributed by atoms with van der Waals surface area (Å²) in [6.07, 6.45) is 11.0. The van der Waals surface area contributed by atoms with Crippen LogP contribution in [0.1, 0.15) is 103 Å². The van der Waals surface area contributed by atoms with Gasteiger partial charge in [-0.15, -0.1) is 0 Å². The molecule has 0 aromatic carbocycles. The summed E-state index contributed by atoms with van der Waals surface area (Å²) in [6, 6.07) is 0. The lowest BCUT2D eigenvalue weighted by molar-refractivity contribution is -0.301. The number of hydrogen-bond acceptors (Lipinski definition) is 7.